The predicted molar refractivity (Wildman–Crippen MR) is 64.4 cm³/mol. The zero-order valence-corrected chi connectivity index (χ0v) is 10.2. The minimum Gasteiger partial charge on any atom is -0.427 e. The van der Waals surface area contributed by atoms with E-state index in [-0.39, 0.29) is 5.84 Å². The summed E-state index contributed by atoms with van der Waals surface area (Å²) in [5.41, 5.74) is 6.38. The monoisotopic (exact) mass is 339 g/mol. The third-order valence-electron chi connectivity index (χ3n) is 1.82. The molecule has 0 radical (unpaired) electrons. The highest BCUT2D eigenvalue weighted by Crippen LogP contribution is 2.31. The Morgan fingerprint density at radius 3 is 2.87 bits per heavy atom. The van der Waals surface area contributed by atoms with Gasteiger partial charge in [-0.15, -0.1) is 4.40 Å². The molecule has 1 aliphatic heterocycles. The Labute approximate surface area is 100 Å². The third-order valence-corrected chi connectivity index (χ3v) is 3.21. The SMILES string of the molecule is NC1=NS(=O)(=O)Nc2cccc(OI)c21. The van der Waals surface area contributed by atoms with Crippen molar-refractivity contribution in [1.82, 2.24) is 0 Å². The summed E-state index contributed by atoms with van der Waals surface area (Å²) in [4.78, 5) is 0. The summed E-state index contributed by atoms with van der Waals surface area (Å²) in [5, 5.41) is 0. The van der Waals surface area contributed by atoms with Crippen LogP contribution in [0.25, 0.3) is 0 Å². The summed E-state index contributed by atoms with van der Waals surface area (Å²) in [7, 11) is -3.72. The molecule has 0 saturated heterocycles. The van der Waals surface area contributed by atoms with Gasteiger partial charge >= 0.3 is 10.2 Å². The fourth-order valence-corrected chi connectivity index (χ4v) is 2.49. The Morgan fingerprint density at radius 1 is 1.47 bits per heavy atom. The van der Waals surface area contributed by atoms with Crippen molar-refractivity contribution < 1.29 is 11.5 Å². The molecule has 0 bridgehead atoms. The number of hydrogen-bond acceptors (Lipinski definition) is 4. The largest absolute Gasteiger partial charge is 0.427 e. The smallest absolute Gasteiger partial charge is 0.344 e. The Kier molecular flexibility index (Phi) is 2.46. The van der Waals surface area contributed by atoms with E-state index < -0.39 is 10.2 Å². The molecule has 1 heterocycles. The van der Waals surface area contributed by atoms with Gasteiger partial charge in [-0.2, -0.15) is 8.42 Å². The molecule has 1 aromatic carbocycles. The lowest BCUT2D eigenvalue weighted by Gasteiger charge is -2.17. The summed E-state index contributed by atoms with van der Waals surface area (Å²) >= 11 is 1.69. The lowest BCUT2D eigenvalue weighted by atomic mass is 10.1. The highest BCUT2D eigenvalue weighted by atomic mass is 127. The first-order valence-electron chi connectivity index (χ1n) is 3.83. The highest BCUT2D eigenvalue weighted by Gasteiger charge is 2.23. The third kappa shape index (κ3) is 1.86. The average Bonchev–Trinajstić information content (AvgIpc) is 2.14. The summed E-state index contributed by atoms with van der Waals surface area (Å²) in [5.74, 6) is 0.396. The van der Waals surface area contributed by atoms with Gasteiger partial charge in [-0.1, -0.05) is 6.07 Å². The van der Waals surface area contributed by atoms with Gasteiger partial charge in [0, 0.05) is 0 Å². The van der Waals surface area contributed by atoms with Crippen molar-refractivity contribution in [3.05, 3.63) is 23.8 Å². The normalized spacial score (nSPS) is 17.3. The van der Waals surface area contributed by atoms with E-state index >= 15 is 0 Å². The zero-order valence-electron chi connectivity index (χ0n) is 7.27. The molecular formula is C7H6IN3O3S. The van der Waals surface area contributed by atoms with E-state index in [1.807, 2.05) is 0 Å². The lowest BCUT2D eigenvalue weighted by Crippen LogP contribution is -2.26. The van der Waals surface area contributed by atoms with Crippen LogP contribution in [0.3, 0.4) is 0 Å². The van der Waals surface area contributed by atoms with E-state index in [1.165, 1.54) is 0 Å². The Hall–Kier alpha value is -1.03. The standard InChI is InChI=1S/C7H6IN3O3S/c8-14-5-3-1-2-4-6(5)7(9)11-15(12,13)10-4/h1-3,10H,(H2,9,11). The van der Waals surface area contributed by atoms with Gasteiger partial charge in [0.2, 0.25) is 0 Å². The van der Waals surface area contributed by atoms with Crippen molar-refractivity contribution in [1.29, 1.82) is 0 Å². The first-order valence-corrected chi connectivity index (χ1v) is 6.16. The summed E-state index contributed by atoms with van der Waals surface area (Å²) in [6, 6.07) is 4.93. The molecule has 0 saturated carbocycles. The van der Waals surface area contributed by atoms with Crippen molar-refractivity contribution in [2.75, 3.05) is 4.72 Å². The molecule has 1 aliphatic rings. The zero-order chi connectivity index (χ0) is 11.1. The number of amidine groups is 1. The van der Waals surface area contributed by atoms with Crippen LogP contribution in [0, 0.1) is 0 Å². The molecule has 8 heteroatoms. The first-order chi connectivity index (χ1) is 7.03. The second-order valence-corrected chi connectivity index (χ2v) is 4.59. The molecule has 2 rings (SSSR count). The maximum atomic E-state index is 11.2. The maximum Gasteiger partial charge on any atom is 0.344 e. The van der Waals surface area contributed by atoms with Crippen molar-refractivity contribution in [2.24, 2.45) is 10.1 Å². The van der Waals surface area contributed by atoms with Gasteiger partial charge in [0.1, 0.15) is 5.75 Å². The lowest BCUT2D eigenvalue weighted by molar-refractivity contribution is 0.602. The minimum absolute atomic E-state index is 0.0731. The van der Waals surface area contributed by atoms with Gasteiger partial charge in [-0.05, 0) is 12.1 Å². The molecule has 1 aromatic rings. The second kappa shape index (κ2) is 3.52. The molecule has 3 N–H and O–H groups in total. The van der Waals surface area contributed by atoms with Crippen LogP contribution in [0.4, 0.5) is 5.69 Å². The van der Waals surface area contributed by atoms with Crippen molar-refractivity contribution in [3.63, 3.8) is 0 Å². The van der Waals surface area contributed by atoms with Crippen LogP contribution in [0.1, 0.15) is 5.56 Å². The number of nitrogens with two attached hydrogens (primary N) is 1. The van der Waals surface area contributed by atoms with E-state index in [1.54, 1.807) is 41.2 Å². The fraction of sp³-hybridized carbons (Fsp3) is 0. The van der Waals surface area contributed by atoms with Crippen LogP contribution >= 0.6 is 23.0 Å². The number of fused-ring (bicyclic) bond motifs is 1. The molecular weight excluding hydrogens is 333 g/mol. The Balaban J connectivity index is 2.70. The first kappa shape index (κ1) is 10.5. The van der Waals surface area contributed by atoms with Crippen molar-refractivity contribution in [2.45, 2.75) is 0 Å². The molecule has 0 aliphatic carbocycles. The molecule has 0 unspecified atom stereocenters. The van der Waals surface area contributed by atoms with Crippen molar-refractivity contribution in [3.8, 4) is 5.75 Å². The second-order valence-electron chi connectivity index (χ2n) is 2.81. The highest BCUT2D eigenvalue weighted by molar-refractivity contribution is 14.1. The van der Waals surface area contributed by atoms with Gasteiger partial charge in [0.05, 0.1) is 11.3 Å². The van der Waals surface area contributed by atoms with Crippen LogP contribution in [0.15, 0.2) is 22.6 Å². The number of anilines is 1. The van der Waals surface area contributed by atoms with E-state index in [2.05, 4.69) is 9.12 Å². The van der Waals surface area contributed by atoms with Gasteiger partial charge in [-0.25, -0.2) is 0 Å². The van der Waals surface area contributed by atoms with Gasteiger partial charge in [-0.3, -0.25) is 4.72 Å². The van der Waals surface area contributed by atoms with E-state index in [0.29, 0.717) is 17.0 Å². The van der Waals surface area contributed by atoms with Gasteiger partial charge in [0.25, 0.3) is 0 Å². The number of nitrogens with zero attached hydrogens (tertiary/aromatic N) is 1. The van der Waals surface area contributed by atoms with Crippen LogP contribution in [0.2, 0.25) is 0 Å². The fourth-order valence-electron chi connectivity index (χ4n) is 1.28. The van der Waals surface area contributed by atoms with Crippen molar-refractivity contribution >= 4 is 44.7 Å². The van der Waals surface area contributed by atoms with Gasteiger partial charge < -0.3 is 8.80 Å². The summed E-state index contributed by atoms with van der Waals surface area (Å²) in [6.07, 6.45) is 0. The van der Waals surface area contributed by atoms with E-state index in [9.17, 15) is 8.42 Å². The summed E-state index contributed by atoms with van der Waals surface area (Å²) in [6.45, 7) is 0. The molecule has 0 atom stereocenters. The van der Waals surface area contributed by atoms with Crippen LogP contribution in [-0.4, -0.2) is 14.3 Å². The minimum atomic E-state index is -3.72. The molecule has 0 fully saturated rings. The molecule has 0 aromatic heterocycles. The Bertz CT molecular complexity index is 540. The predicted octanol–water partition coefficient (Wildman–Crippen LogP) is 0.791. The number of halogens is 1. The molecule has 15 heavy (non-hydrogen) atoms. The van der Waals surface area contributed by atoms with E-state index in [0.717, 1.165) is 0 Å². The molecule has 6 nitrogen and oxygen atoms in total. The van der Waals surface area contributed by atoms with Crippen LogP contribution in [-0.2, 0) is 10.2 Å². The van der Waals surface area contributed by atoms with Crippen LogP contribution in [0.5, 0.6) is 5.75 Å². The number of nitrogens with one attached hydrogen (secondary N) is 1. The summed E-state index contributed by atoms with van der Waals surface area (Å²) < 4.78 is 33.0. The average molecular weight is 339 g/mol. The van der Waals surface area contributed by atoms with E-state index in [4.69, 9.17) is 8.80 Å². The molecule has 0 amide bonds. The quantitative estimate of drug-likeness (QED) is 0.740. The number of rotatable bonds is 1. The number of benzene rings is 1. The van der Waals surface area contributed by atoms with Crippen LogP contribution < -0.4 is 13.5 Å². The Morgan fingerprint density at radius 2 is 2.20 bits per heavy atom. The van der Waals surface area contributed by atoms with Gasteiger partial charge in [0.15, 0.2) is 28.8 Å². The maximum absolute atomic E-state index is 11.2. The number of hydrogen-bond donors (Lipinski definition) is 2. The topological polar surface area (TPSA) is 93.8 Å². The molecule has 0 spiro atoms. The molecule has 80 valence electrons.